The van der Waals surface area contributed by atoms with Crippen LogP contribution < -0.4 is 10.6 Å². The monoisotopic (exact) mass is 489 g/mol. The van der Waals surface area contributed by atoms with Crippen LogP contribution in [0.3, 0.4) is 0 Å². The lowest BCUT2D eigenvalue weighted by Crippen LogP contribution is -2.31. The van der Waals surface area contributed by atoms with Gasteiger partial charge in [0.2, 0.25) is 11.1 Å². The van der Waals surface area contributed by atoms with Crippen LogP contribution in [0.1, 0.15) is 24.1 Å². The fraction of sp³-hybridized carbons (Fsp3) is 0.115. The van der Waals surface area contributed by atoms with Crippen LogP contribution in [0.4, 0.5) is 20.4 Å². The lowest BCUT2D eigenvalue weighted by molar-refractivity contribution is -0.113. The predicted molar refractivity (Wildman–Crippen MR) is 132 cm³/mol. The van der Waals surface area contributed by atoms with Crippen molar-refractivity contribution < 1.29 is 13.6 Å². The molecule has 1 aromatic heterocycles. The zero-order valence-corrected chi connectivity index (χ0v) is 19.5. The molecule has 5 rings (SSSR count). The second kappa shape index (κ2) is 9.71. The first-order valence-corrected chi connectivity index (χ1v) is 11.9. The number of allylic oxidation sites excluding steroid dienone is 1. The molecule has 9 heteroatoms. The molecule has 35 heavy (non-hydrogen) atoms. The number of fused-ring (bicyclic) bond motifs is 1. The summed E-state index contributed by atoms with van der Waals surface area (Å²) in [4.78, 5) is 17.9. The zero-order chi connectivity index (χ0) is 24.4. The number of aromatic nitrogens is 3. The summed E-state index contributed by atoms with van der Waals surface area (Å²) in [7, 11) is 0. The van der Waals surface area contributed by atoms with Crippen molar-refractivity contribution in [3.05, 3.63) is 113 Å². The minimum Gasteiger partial charge on any atom is -0.328 e. The molecule has 0 aliphatic carbocycles. The van der Waals surface area contributed by atoms with Gasteiger partial charge in [-0.3, -0.25) is 4.79 Å². The van der Waals surface area contributed by atoms with E-state index in [4.69, 9.17) is 0 Å². The highest BCUT2D eigenvalue weighted by atomic mass is 32.2. The van der Waals surface area contributed by atoms with Crippen LogP contribution in [0.5, 0.6) is 0 Å². The van der Waals surface area contributed by atoms with Crippen LogP contribution in [-0.4, -0.2) is 20.7 Å². The van der Waals surface area contributed by atoms with Crippen LogP contribution in [0.2, 0.25) is 0 Å². The van der Waals surface area contributed by atoms with E-state index < -0.39 is 11.9 Å². The van der Waals surface area contributed by atoms with E-state index in [2.05, 4.69) is 20.7 Å². The van der Waals surface area contributed by atoms with Gasteiger partial charge in [0.05, 0.1) is 5.57 Å². The van der Waals surface area contributed by atoms with E-state index in [-0.39, 0.29) is 11.7 Å². The average molecular weight is 490 g/mol. The molecule has 0 spiro atoms. The molecule has 1 aliphatic rings. The van der Waals surface area contributed by atoms with Gasteiger partial charge in [0.25, 0.3) is 5.91 Å². The highest BCUT2D eigenvalue weighted by Gasteiger charge is 2.34. The minimum atomic E-state index is -0.707. The highest BCUT2D eigenvalue weighted by Crippen LogP contribution is 2.37. The molecule has 1 unspecified atom stereocenters. The van der Waals surface area contributed by atoms with Crippen molar-refractivity contribution >= 4 is 29.3 Å². The molecule has 1 atom stereocenters. The number of thioether (sulfide) groups is 1. The SMILES string of the molecule is CC1=C(C(=O)Nc2ccccc2)C(c2cccc(F)c2)n2nc(SCc3ccccc3F)nc2N1. The Morgan fingerprint density at radius 1 is 1.06 bits per heavy atom. The van der Waals surface area contributed by atoms with Crippen molar-refractivity contribution in [2.45, 2.75) is 23.9 Å². The van der Waals surface area contributed by atoms with E-state index in [1.807, 2.05) is 18.2 Å². The smallest absolute Gasteiger partial charge is 0.255 e. The number of anilines is 2. The van der Waals surface area contributed by atoms with Gasteiger partial charge in [0, 0.05) is 17.1 Å². The third kappa shape index (κ3) is 4.81. The topological polar surface area (TPSA) is 71.8 Å². The van der Waals surface area contributed by atoms with E-state index in [1.165, 1.54) is 30.0 Å². The maximum Gasteiger partial charge on any atom is 0.255 e. The Labute approximate surface area is 205 Å². The number of carbonyl (C=O) groups is 1. The first-order valence-electron chi connectivity index (χ1n) is 10.9. The number of rotatable bonds is 6. The molecular formula is C26H21F2N5OS. The summed E-state index contributed by atoms with van der Waals surface area (Å²) in [6.45, 7) is 1.77. The van der Waals surface area contributed by atoms with E-state index in [0.29, 0.717) is 44.9 Å². The quantitative estimate of drug-likeness (QED) is 0.336. The number of nitrogens with zero attached hydrogens (tertiary/aromatic N) is 3. The summed E-state index contributed by atoms with van der Waals surface area (Å²) >= 11 is 1.28. The number of nitrogens with one attached hydrogen (secondary N) is 2. The van der Waals surface area contributed by atoms with Gasteiger partial charge in [-0.15, -0.1) is 5.10 Å². The Bertz CT molecular complexity index is 1420. The van der Waals surface area contributed by atoms with Crippen LogP contribution in [0.15, 0.2) is 95.3 Å². The number of amides is 1. The molecule has 176 valence electrons. The Morgan fingerprint density at radius 2 is 1.83 bits per heavy atom. The standard InChI is InChI=1S/C26H21F2N5OS/c1-16-22(24(34)30-20-11-3-2-4-12-20)23(17-9-7-10-19(27)14-17)33-25(29-16)31-26(32-33)35-15-18-8-5-6-13-21(18)28/h2-14,23H,15H2,1H3,(H,30,34)(H,29,31,32). The average Bonchev–Trinajstić information content (AvgIpc) is 3.25. The molecule has 2 N–H and O–H groups in total. The van der Waals surface area contributed by atoms with Crippen LogP contribution in [0.25, 0.3) is 0 Å². The van der Waals surface area contributed by atoms with Gasteiger partial charge in [0.15, 0.2) is 0 Å². The van der Waals surface area contributed by atoms with Gasteiger partial charge in [-0.1, -0.05) is 60.3 Å². The number of para-hydroxylation sites is 1. The summed E-state index contributed by atoms with van der Waals surface area (Å²) in [5.41, 5.74) is 2.71. The molecule has 2 heterocycles. The van der Waals surface area contributed by atoms with Gasteiger partial charge >= 0.3 is 0 Å². The Balaban J connectivity index is 1.50. The van der Waals surface area contributed by atoms with E-state index in [1.54, 1.807) is 54.1 Å². The van der Waals surface area contributed by atoms with Gasteiger partial charge < -0.3 is 10.6 Å². The Morgan fingerprint density at radius 3 is 2.60 bits per heavy atom. The fourth-order valence-electron chi connectivity index (χ4n) is 3.95. The molecule has 0 radical (unpaired) electrons. The maximum absolute atomic E-state index is 14.2. The molecule has 6 nitrogen and oxygen atoms in total. The number of hydrogen-bond acceptors (Lipinski definition) is 5. The van der Waals surface area contributed by atoms with Crippen LogP contribution in [0, 0.1) is 11.6 Å². The Kier molecular flexibility index (Phi) is 6.33. The third-order valence-electron chi connectivity index (χ3n) is 5.59. The van der Waals surface area contributed by atoms with Gasteiger partial charge in [-0.2, -0.15) is 4.98 Å². The molecule has 0 saturated carbocycles. The highest BCUT2D eigenvalue weighted by molar-refractivity contribution is 7.98. The van der Waals surface area contributed by atoms with E-state index in [0.717, 1.165) is 0 Å². The molecule has 0 bridgehead atoms. The van der Waals surface area contributed by atoms with Crippen molar-refractivity contribution in [3.63, 3.8) is 0 Å². The van der Waals surface area contributed by atoms with E-state index in [9.17, 15) is 13.6 Å². The molecule has 0 saturated heterocycles. The fourth-order valence-corrected chi connectivity index (χ4v) is 4.76. The molecule has 4 aromatic rings. The van der Waals surface area contributed by atoms with Crippen molar-refractivity contribution in [3.8, 4) is 0 Å². The lowest BCUT2D eigenvalue weighted by atomic mass is 9.95. The number of hydrogen-bond donors (Lipinski definition) is 2. The first kappa shape index (κ1) is 22.8. The van der Waals surface area contributed by atoms with Crippen LogP contribution >= 0.6 is 11.8 Å². The third-order valence-corrected chi connectivity index (χ3v) is 6.47. The van der Waals surface area contributed by atoms with Gasteiger partial charge in [0.1, 0.15) is 17.7 Å². The lowest BCUT2D eigenvalue weighted by Gasteiger charge is -2.28. The summed E-state index contributed by atoms with van der Waals surface area (Å²) in [6.07, 6.45) is 0. The van der Waals surface area contributed by atoms with E-state index >= 15 is 0 Å². The molecule has 1 aliphatic heterocycles. The first-order chi connectivity index (χ1) is 17.0. The normalized spacial score (nSPS) is 14.9. The predicted octanol–water partition coefficient (Wildman–Crippen LogP) is 5.78. The molecule has 3 aromatic carbocycles. The zero-order valence-electron chi connectivity index (χ0n) is 18.7. The second-order valence-corrected chi connectivity index (χ2v) is 8.93. The van der Waals surface area contributed by atoms with Crippen molar-refractivity contribution in [1.29, 1.82) is 0 Å². The summed E-state index contributed by atoms with van der Waals surface area (Å²) < 4.78 is 29.8. The summed E-state index contributed by atoms with van der Waals surface area (Å²) in [6, 6.07) is 21.0. The largest absolute Gasteiger partial charge is 0.328 e. The molecular weight excluding hydrogens is 468 g/mol. The van der Waals surface area contributed by atoms with Crippen molar-refractivity contribution in [1.82, 2.24) is 14.8 Å². The molecule has 0 fully saturated rings. The summed E-state index contributed by atoms with van der Waals surface area (Å²) in [5, 5.41) is 11.1. The second-order valence-electron chi connectivity index (χ2n) is 7.98. The number of carbonyl (C=O) groups excluding carboxylic acids is 1. The minimum absolute atomic E-state index is 0.294. The van der Waals surface area contributed by atoms with Gasteiger partial charge in [-0.05, 0) is 48.4 Å². The maximum atomic E-state index is 14.2. The van der Waals surface area contributed by atoms with Crippen LogP contribution in [-0.2, 0) is 10.5 Å². The number of halogens is 2. The van der Waals surface area contributed by atoms with Crippen molar-refractivity contribution in [2.75, 3.05) is 10.6 Å². The molecule has 1 amide bonds. The Hall–Kier alpha value is -3.98. The van der Waals surface area contributed by atoms with Crippen molar-refractivity contribution in [2.24, 2.45) is 0 Å². The number of benzene rings is 3. The summed E-state index contributed by atoms with van der Waals surface area (Å²) in [5.74, 6) is -0.287. The van der Waals surface area contributed by atoms with Gasteiger partial charge in [-0.25, -0.2) is 13.5 Å².